The summed E-state index contributed by atoms with van der Waals surface area (Å²) < 4.78 is 17.9. The van der Waals surface area contributed by atoms with E-state index in [2.05, 4.69) is 10.5 Å². The summed E-state index contributed by atoms with van der Waals surface area (Å²) in [7, 11) is 0. The predicted octanol–water partition coefficient (Wildman–Crippen LogP) is 3.00. The maximum Gasteiger partial charge on any atom is 0.254 e. The second-order valence-corrected chi connectivity index (χ2v) is 5.57. The number of nitrogens with one attached hydrogen (secondary N) is 1. The van der Waals surface area contributed by atoms with E-state index in [0.717, 1.165) is 0 Å². The van der Waals surface area contributed by atoms with Gasteiger partial charge in [-0.25, -0.2) is 4.39 Å². The van der Waals surface area contributed by atoms with Crippen molar-refractivity contribution < 1.29 is 18.5 Å². The van der Waals surface area contributed by atoms with Crippen molar-refractivity contribution in [3.63, 3.8) is 0 Å². The number of amides is 2. The number of anilines is 1. The molecule has 24 heavy (non-hydrogen) atoms. The lowest BCUT2D eigenvalue weighted by Crippen LogP contribution is -2.43. The summed E-state index contributed by atoms with van der Waals surface area (Å²) >= 11 is 0. The van der Waals surface area contributed by atoms with Gasteiger partial charge in [0.25, 0.3) is 5.91 Å². The molecule has 1 aromatic carbocycles. The van der Waals surface area contributed by atoms with Crippen molar-refractivity contribution in [3.8, 4) is 0 Å². The average molecular weight is 333 g/mol. The molecule has 0 aliphatic heterocycles. The largest absolute Gasteiger partial charge is 0.360 e. The minimum atomic E-state index is -0.416. The van der Waals surface area contributed by atoms with Gasteiger partial charge in [-0.15, -0.1) is 0 Å². The normalized spacial score (nSPS) is 11.8. The molecule has 2 rings (SSSR count). The highest BCUT2D eigenvalue weighted by molar-refractivity contribution is 5.99. The Kier molecular flexibility index (Phi) is 5.68. The van der Waals surface area contributed by atoms with Crippen LogP contribution in [0.4, 0.5) is 10.2 Å². The minimum Gasteiger partial charge on any atom is -0.360 e. The number of carbonyl (C=O) groups is 2. The number of hydrogen-bond donors (Lipinski definition) is 1. The van der Waals surface area contributed by atoms with Gasteiger partial charge in [0.2, 0.25) is 5.91 Å². The molecule has 1 aromatic heterocycles. The summed E-state index contributed by atoms with van der Waals surface area (Å²) in [4.78, 5) is 26.3. The fraction of sp³-hybridized carbons (Fsp3) is 0.353. The van der Waals surface area contributed by atoms with Crippen LogP contribution in [0.3, 0.4) is 0 Å². The van der Waals surface area contributed by atoms with Crippen LogP contribution in [-0.4, -0.2) is 34.5 Å². The van der Waals surface area contributed by atoms with Crippen molar-refractivity contribution in [1.82, 2.24) is 10.1 Å². The number of benzene rings is 1. The average Bonchev–Trinajstić information content (AvgIpc) is 2.96. The van der Waals surface area contributed by atoms with Crippen LogP contribution < -0.4 is 5.32 Å². The van der Waals surface area contributed by atoms with Crippen LogP contribution in [0, 0.1) is 12.7 Å². The van der Waals surface area contributed by atoms with Crippen molar-refractivity contribution in [2.45, 2.75) is 33.2 Å². The highest BCUT2D eigenvalue weighted by atomic mass is 19.1. The Morgan fingerprint density at radius 1 is 1.33 bits per heavy atom. The highest BCUT2D eigenvalue weighted by Gasteiger charge is 2.23. The second-order valence-electron chi connectivity index (χ2n) is 5.57. The highest BCUT2D eigenvalue weighted by Crippen LogP contribution is 2.13. The first kappa shape index (κ1) is 17.7. The lowest BCUT2D eigenvalue weighted by molar-refractivity contribution is -0.117. The first-order valence-corrected chi connectivity index (χ1v) is 7.70. The molecule has 2 amide bonds. The van der Waals surface area contributed by atoms with Crippen LogP contribution in [0.5, 0.6) is 0 Å². The van der Waals surface area contributed by atoms with Gasteiger partial charge in [-0.2, -0.15) is 0 Å². The molecule has 1 atom stereocenters. The summed E-state index contributed by atoms with van der Waals surface area (Å²) in [5, 5.41) is 6.28. The fourth-order valence-electron chi connectivity index (χ4n) is 2.17. The molecule has 0 radical (unpaired) electrons. The fourth-order valence-corrected chi connectivity index (χ4v) is 2.17. The molecule has 0 aliphatic carbocycles. The van der Waals surface area contributed by atoms with Crippen LogP contribution in [0.15, 0.2) is 34.9 Å². The number of rotatable bonds is 6. The van der Waals surface area contributed by atoms with Crippen molar-refractivity contribution >= 4 is 17.6 Å². The van der Waals surface area contributed by atoms with Gasteiger partial charge in [0.05, 0.1) is 0 Å². The van der Waals surface area contributed by atoms with Gasteiger partial charge in [0.1, 0.15) is 18.1 Å². The molecule has 0 spiro atoms. The third-order valence-corrected chi connectivity index (χ3v) is 3.68. The van der Waals surface area contributed by atoms with Gasteiger partial charge in [0.15, 0.2) is 5.82 Å². The summed E-state index contributed by atoms with van der Waals surface area (Å²) in [6, 6.07) is 6.71. The van der Waals surface area contributed by atoms with Crippen LogP contribution in [0.2, 0.25) is 0 Å². The van der Waals surface area contributed by atoms with Crippen LogP contribution >= 0.6 is 0 Å². The minimum absolute atomic E-state index is 0.128. The molecule has 7 heteroatoms. The second kappa shape index (κ2) is 7.72. The number of nitrogens with zero attached hydrogens (tertiary/aromatic N) is 2. The van der Waals surface area contributed by atoms with Crippen LogP contribution in [0.1, 0.15) is 36.4 Å². The molecule has 6 nitrogen and oxygen atoms in total. The zero-order chi connectivity index (χ0) is 17.7. The Hall–Kier alpha value is -2.70. The van der Waals surface area contributed by atoms with Gasteiger partial charge >= 0.3 is 0 Å². The van der Waals surface area contributed by atoms with Gasteiger partial charge in [-0.05, 0) is 44.5 Å². The molecular formula is C17H20FN3O3. The van der Waals surface area contributed by atoms with E-state index in [9.17, 15) is 14.0 Å². The molecule has 1 heterocycles. The number of aromatic nitrogens is 1. The molecule has 0 saturated carbocycles. The third kappa shape index (κ3) is 4.41. The summed E-state index contributed by atoms with van der Waals surface area (Å²) in [6.07, 6.45) is 0.684. The Labute approximate surface area is 139 Å². The van der Waals surface area contributed by atoms with E-state index in [4.69, 9.17) is 4.52 Å². The van der Waals surface area contributed by atoms with Crippen molar-refractivity contribution in [3.05, 3.63) is 47.5 Å². The van der Waals surface area contributed by atoms with E-state index >= 15 is 0 Å². The van der Waals surface area contributed by atoms with Crippen molar-refractivity contribution in [2.24, 2.45) is 0 Å². The molecular weight excluding hydrogens is 313 g/mol. The lowest BCUT2D eigenvalue weighted by atomic mass is 10.1. The third-order valence-electron chi connectivity index (χ3n) is 3.68. The summed E-state index contributed by atoms with van der Waals surface area (Å²) in [5.41, 5.74) is 0.335. The number of carbonyl (C=O) groups excluding carboxylic acids is 2. The molecule has 2 aromatic rings. The Morgan fingerprint density at radius 3 is 2.54 bits per heavy atom. The molecule has 0 aliphatic rings. The van der Waals surface area contributed by atoms with E-state index in [1.165, 1.54) is 29.2 Å². The van der Waals surface area contributed by atoms with Crippen LogP contribution in [-0.2, 0) is 4.79 Å². The first-order valence-electron chi connectivity index (χ1n) is 7.70. The maximum absolute atomic E-state index is 13.0. The molecule has 1 N–H and O–H groups in total. The standard InChI is InChI=1S/C17H20FN3O3/c1-4-11(2)21(17(23)13-5-7-14(18)8-6-13)10-16(22)19-15-9-12(3)24-20-15/h5-9,11H,4,10H2,1-3H3,(H,19,20,22). The molecule has 128 valence electrons. The zero-order valence-corrected chi connectivity index (χ0v) is 13.9. The lowest BCUT2D eigenvalue weighted by Gasteiger charge is -2.28. The quantitative estimate of drug-likeness (QED) is 0.882. The number of hydrogen-bond acceptors (Lipinski definition) is 4. The Balaban J connectivity index is 2.11. The van der Waals surface area contributed by atoms with Gasteiger partial charge in [-0.3, -0.25) is 9.59 Å². The van der Waals surface area contributed by atoms with E-state index < -0.39 is 5.82 Å². The smallest absolute Gasteiger partial charge is 0.254 e. The van der Waals surface area contributed by atoms with E-state index in [-0.39, 0.29) is 24.4 Å². The van der Waals surface area contributed by atoms with Crippen molar-refractivity contribution in [1.29, 1.82) is 0 Å². The monoisotopic (exact) mass is 333 g/mol. The van der Waals surface area contributed by atoms with E-state index in [1.54, 1.807) is 13.0 Å². The molecule has 0 bridgehead atoms. The Morgan fingerprint density at radius 2 is 2.00 bits per heavy atom. The number of halogens is 1. The molecule has 0 fully saturated rings. The molecule has 0 saturated heterocycles. The van der Waals surface area contributed by atoms with Crippen molar-refractivity contribution in [2.75, 3.05) is 11.9 Å². The predicted molar refractivity (Wildman–Crippen MR) is 87.1 cm³/mol. The SMILES string of the molecule is CCC(C)N(CC(=O)Nc1cc(C)on1)C(=O)c1ccc(F)cc1. The van der Waals surface area contributed by atoms with Gasteiger partial charge in [0, 0.05) is 17.7 Å². The maximum atomic E-state index is 13.0. The zero-order valence-electron chi connectivity index (χ0n) is 13.9. The van der Waals surface area contributed by atoms with Crippen LogP contribution in [0.25, 0.3) is 0 Å². The van der Waals surface area contributed by atoms with E-state index in [0.29, 0.717) is 23.6 Å². The topological polar surface area (TPSA) is 75.4 Å². The van der Waals surface area contributed by atoms with Gasteiger partial charge < -0.3 is 14.7 Å². The van der Waals surface area contributed by atoms with E-state index in [1.807, 2.05) is 13.8 Å². The summed E-state index contributed by atoms with van der Waals surface area (Å²) in [6.45, 7) is 5.37. The van der Waals surface area contributed by atoms with Gasteiger partial charge in [-0.1, -0.05) is 12.1 Å². The number of aryl methyl sites for hydroxylation is 1. The Bertz CT molecular complexity index is 712. The molecule has 1 unspecified atom stereocenters. The summed E-state index contributed by atoms with van der Waals surface area (Å²) in [5.74, 6) is -0.238. The first-order chi connectivity index (χ1) is 11.4.